The Labute approximate surface area is 220 Å². The van der Waals surface area contributed by atoms with Crippen molar-refractivity contribution >= 4 is 23.2 Å². The van der Waals surface area contributed by atoms with E-state index in [1.54, 1.807) is 24.3 Å². The molecule has 4 nitrogen and oxygen atoms in total. The van der Waals surface area contributed by atoms with Crippen LogP contribution in [-0.2, 0) is 5.54 Å². The number of hydrogen-bond donors (Lipinski definition) is 0. The fourth-order valence-electron chi connectivity index (χ4n) is 5.16. The Kier molecular flexibility index (Phi) is 6.02. The standard InChI is InChI=1S/C33H24FN3O/c34-29-19-10-12-25(24-29)21-22-30-32-31(20-11-23-36(32)38)37(35-30)33(26-13-4-1-5-14-26,27-15-6-2-7-16-27)28-17-8-3-9-18-28/h1-24H/b22-21+. The highest BCUT2D eigenvalue weighted by Crippen LogP contribution is 2.42. The van der Waals surface area contributed by atoms with Gasteiger partial charge in [0.15, 0.2) is 11.9 Å². The van der Waals surface area contributed by atoms with Gasteiger partial charge < -0.3 is 5.21 Å². The molecule has 0 saturated heterocycles. The van der Waals surface area contributed by atoms with E-state index in [0.29, 0.717) is 22.3 Å². The largest absolute Gasteiger partial charge is 0.618 e. The van der Waals surface area contributed by atoms with Crippen LogP contribution in [0.15, 0.2) is 134 Å². The summed E-state index contributed by atoms with van der Waals surface area (Å²) in [6.45, 7) is 0. The van der Waals surface area contributed by atoms with E-state index in [0.717, 1.165) is 21.4 Å². The van der Waals surface area contributed by atoms with Crippen LogP contribution < -0.4 is 4.73 Å². The molecule has 5 heteroatoms. The van der Waals surface area contributed by atoms with Gasteiger partial charge in [-0.05, 0) is 46.5 Å². The molecule has 6 rings (SSSR count). The molecule has 6 aromatic rings. The van der Waals surface area contributed by atoms with Gasteiger partial charge in [-0.2, -0.15) is 9.83 Å². The second-order valence-corrected chi connectivity index (χ2v) is 9.06. The van der Waals surface area contributed by atoms with Crippen LogP contribution in [-0.4, -0.2) is 9.78 Å². The fourth-order valence-corrected chi connectivity index (χ4v) is 5.16. The molecule has 0 unspecified atom stereocenters. The van der Waals surface area contributed by atoms with Crippen molar-refractivity contribution in [3.05, 3.63) is 173 Å². The molecule has 2 aromatic heterocycles. The first-order chi connectivity index (χ1) is 18.7. The average Bonchev–Trinajstić information content (AvgIpc) is 3.34. The van der Waals surface area contributed by atoms with Crippen LogP contribution in [0.5, 0.6) is 0 Å². The van der Waals surface area contributed by atoms with Gasteiger partial charge in [-0.25, -0.2) is 9.07 Å². The Bertz CT molecular complexity index is 1630. The maximum Gasteiger partial charge on any atom is 0.269 e. The van der Waals surface area contributed by atoms with E-state index in [4.69, 9.17) is 5.10 Å². The van der Waals surface area contributed by atoms with Gasteiger partial charge in [0.05, 0.1) is 0 Å². The van der Waals surface area contributed by atoms with Crippen LogP contribution >= 0.6 is 0 Å². The lowest BCUT2D eigenvalue weighted by Gasteiger charge is -2.36. The van der Waals surface area contributed by atoms with E-state index >= 15 is 0 Å². The van der Waals surface area contributed by atoms with Crippen molar-refractivity contribution in [2.24, 2.45) is 0 Å². The molecule has 2 heterocycles. The van der Waals surface area contributed by atoms with Crippen LogP contribution in [0.25, 0.3) is 23.2 Å². The number of rotatable bonds is 6. The van der Waals surface area contributed by atoms with Crippen molar-refractivity contribution in [2.45, 2.75) is 5.54 Å². The van der Waals surface area contributed by atoms with Gasteiger partial charge in [0.1, 0.15) is 16.9 Å². The van der Waals surface area contributed by atoms with Crippen molar-refractivity contribution in [1.82, 2.24) is 9.78 Å². The molecule has 0 atom stereocenters. The van der Waals surface area contributed by atoms with Crippen molar-refractivity contribution in [3.8, 4) is 0 Å². The lowest BCUT2D eigenvalue weighted by Crippen LogP contribution is -2.39. The van der Waals surface area contributed by atoms with Gasteiger partial charge in [0.2, 0.25) is 0 Å². The first-order valence-corrected chi connectivity index (χ1v) is 12.4. The third-order valence-electron chi connectivity index (χ3n) is 6.79. The molecule has 0 aliphatic rings. The predicted molar refractivity (Wildman–Crippen MR) is 149 cm³/mol. The maximum atomic E-state index is 13.8. The van der Waals surface area contributed by atoms with Gasteiger partial charge in [0.25, 0.3) is 5.52 Å². The molecule has 0 saturated carbocycles. The summed E-state index contributed by atoms with van der Waals surface area (Å²) >= 11 is 0. The summed E-state index contributed by atoms with van der Waals surface area (Å²) in [7, 11) is 0. The summed E-state index contributed by atoms with van der Waals surface area (Å²) in [5.41, 5.74) is 4.43. The number of nitrogens with zero attached hydrogens (tertiary/aromatic N) is 3. The predicted octanol–water partition coefficient (Wildman–Crippen LogP) is 6.82. The van der Waals surface area contributed by atoms with Gasteiger partial charge in [-0.15, -0.1) is 0 Å². The Morgan fingerprint density at radius 3 is 1.82 bits per heavy atom. The zero-order valence-electron chi connectivity index (χ0n) is 20.5. The zero-order valence-corrected chi connectivity index (χ0v) is 20.5. The van der Waals surface area contributed by atoms with Crippen LogP contribution in [0.2, 0.25) is 0 Å². The lowest BCUT2D eigenvalue weighted by molar-refractivity contribution is -0.577. The molecule has 38 heavy (non-hydrogen) atoms. The van der Waals surface area contributed by atoms with Crippen LogP contribution in [0.3, 0.4) is 0 Å². The summed E-state index contributed by atoms with van der Waals surface area (Å²) in [4.78, 5) is 0. The molecule has 184 valence electrons. The van der Waals surface area contributed by atoms with Gasteiger partial charge in [0, 0.05) is 6.07 Å². The molecule has 0 bridgehead atoms. The fraction of sp³-hybridized carbons (Fsp3) is 0.0303. The minimum absolute atomic E-state index is 0.322. The van der Waals surface area contributed by atoms with E-state index in [1.165, 1.54) is 18.3 Å². The van der Waals surface area contributed by atoms with Gasteiger partial charge in [-0.3, -0.25) is 0 Å². The molecule has 0 radical (unpaired) electrons. The third-order valence-corrected chi connectivity index (χ3v) is 6.79. The number of halogens is 1. The molecule has 0 amide bonds. The number of pyridine rings is 1. The van der Waals surface area contributed by atoms with E-state index in [1.807, 2.05) is 71.4 Å². The number of fused-ring (bicyclic) bond motifs is 1. The highest BCUT2D eigenvalue weighted by Gasteiger charge is 2.41. The SMILES string of the molecule is [O-][n+]1cccc2c1c(/C=C/c1cccc(F)c1)nn2C(c1ccccc1)(c1ccccc1)c1ccccc1. The van der Waals surface area contributed by atoms with Crippen molar-refractivity contribution in [2.75, 3.05) is 0 Å². The van der Waals surface area contributed by atoms with Crippen LogP contribution in [0, 0.1) is 11.0 Å². The third kappa shape index (κ3) is 3.95. The Hall–Kier alpha value is -5.03. The quantitative estimate of drug-likeness (QED) is 0.144. The molecular formula is C33H24FN3O. The summed E-state index contributed by atoms with van der Waals surface area (Å²) < 4.78 is 16.6. The number of benzene rings is 4. The van der Waals surface area contributed by atoms with Crippen molar-refractivity contribution in [3.63, 3.8) is 0 Å². The monoisotopic (exact) mass is 497 g/mol. The second-order valence-electron chi connectivity index (χ2n) is 9.06. The van der Waals surface area contributed by atoms with E-state index in [9.17, 15) is 9.60 Å². The topological polar surface area (TPSA) is 44.8 Å². The second kappa shape index (κ2) is 9.79. The van der Waals surface area contributed by atoms with E-state index < -0.39 is 5.54 Å². The Morgan fingerprint density at radius 2 is 1.26 bits per heavy atom. The van der Waals surface area contributed by atoms with Gasteiger partial charge in [-0.1, -0.05) is 109 Å². The smallest absolute Gasteiger partial charge is 0.269 e. The molecule has 0 aliphatic carbocycles. The van der Waals surface area contributed by atoms with Crippen molar-refractivity contribution < 1.29 is 9.12 Å². The van der Waals surface area contributed by atoms with E-state index in [-0.39, 0.29) is 5.82 Å². The molecular weight excluding hydrogens is 473 g/mol. The summed E-state index contributed by atoms with van der Waals surface area (Å²) in [6, 6.07) is 40.6. The normalized spacial score (nSPS) is 11.8. The highest BCUT2D eigenvalue weighted by atomic mass is 19.1. The first kappa shape index (κ1) is 23.4. The van der Waals surface area contributed by atoms with Crippen LogP contribution in [0.4, 0.5) is 4.39 Å². The maximum absolute atomic E-state index is 13.8. The minimum Gasteiger partial charge on any atom is -0.618 e. The zero-order chi connectivity index (χ0) is 26.0. The minimum atomic E-state index is -0.874. The number of aromatic nitrogens is 3. The summed E-state index contributed by atoms with van der Waals surface area (Å²) in [6.07, 6.45) is 5.02. The average molecular weight is 498 g/mol. The lowest BCUT2D eigenvalue weighted by atomic mass is 9.77. The summed E-state index contributed by atoms with van der Waals surface area (Å²) in [5, 5.41) is 18.3. The highest BCUT2D eigenvalue weighted by molar-refractivity contribution is 5.85. The first-order valence-electron chi connectivity index (χ1n) is 12.4. The van der Waals surface area contributed by atoms with Gasteiger partial charge >= 0.3 is 0 Å². The Balaban J connectivity index is 1.71. The number of hydrogen-bond acceptors (Lipinski definition) is 2. The molecule has 0 spiro atoms. The van der Waals surface area contributed by atoms with E-state index in [2.05, 4.69) is 36.4 Å². The molecule has 4 aromatic carbocycles. The summed E-state index contributed by atoms with van der Waals surface area (Å²) in [5.74, 6) is -0.322. The molecule has 0 aliphatic heterocycles. The molecule has 0 N–H and O–H groups in total. The van der Waals surface area contributed by atoms with Crippen LogP contribution in [0.1, 0.15) is 27.9 Å². The molecule has 0 fully saturated rings. The van der Waals surface area contributed by atoms with Crippen molar-refractivity contribution in [1.29, 1.82) is 0 Å². The Morgan fingerprint density at radius 1 is 0.684 bits per heavy atom.